The van der Waals surface area contributed by atoms with Crippen molar-refractivity contribution in [3.05, 3.63) is 35.3 Å². The van der Waals surface area contributed by atoms with E-state index in [0.717, 1.165) is 32.4 Å². The topological polar surface area (TPSA) is 122 Å². The molecule has 3 N–H and O–H groups in total. The van der Waals surface area contributed by atoms with Crippen molar-refractivity contribution in [2.75, 3.05) is 19.5 Å². The van der Waals surface area contributed by atoms with E-state index in [1.807, 2.05) is 0 Å². The van der Waals surface area contributed by atoms with E-state index in [4.69, 9.17) is 5.11 Å². The van der Waals surface area contributed by atoms with Crippen molar-refractivity contribution >= 4 is 23.6 Å². The number of phenols is 1. The molecule has 0 heterocycles. The maximum absolute atomic E-state index is 13.4. The zero-order chi connectivity index (χ0) is 16.9. The molecule has 0 aliphatic rings. The second-order valence-corrected chi connectivity index (χ2v) is 3.82. The lowest BCUT2D eigenvalue weighted by Crippen LogP contribution is -2.16. The number of methoxy groups -OCH3 is 2. The summed E-state index contributed by atoms with van der Waals surface area (Å²) in [5.41, 5.74) is -1.72. The smallest absolute Gasteiger partial charge is 0.354 e. The first kappa shape index (κ1) is 17.0. The number of nitrogens with one attached hydrogen (secondary N) is 1. The van der Waals surface area contributed by atoms with Gasteiger partial charge in [-0.1, -0.05) is 0 Å². The highest BCUT2D eigenvalue weighted by molar-refractivity contribution is 6.00. The third-order valence-electron chi connectivity index (χ3n) is 2.48. The van der Waals surface area contributed by atoms with E-state index in [-0.39, 0.29) is 5.69 Å². The van der Waals surface area contributed by atoms with Gasteiger partial charge in [0.1, 0.15) is 17.1 Å². The first-order valence-electron chi connectivity index (χ1n) is 5.71. The minimum Gasteiger partial charge on any atom is -0.505 e. The highest BCUT2D eigenvalue weighted by Crippen LogP contribution is 2.30. The number of esters is 2. The molecule has 8 nitrogen and oxygen atoms in total. The van der Waals surface area contributed by atoms with Crippen molar-refractivity contribution in [1.82, 2.24) is 0 Å². The molecule has 0 bridgehead atoms. The first-order chi connectivity index (χ1) is 10.3. The van der Waals surface area contributed by atoms with E-state index in [0.29, 0.717) is 0 Å². The molecule has 1 rings (SSSR count). The number of carbonyl (C=O) groups excluding carboxylic acids is 2. The second-order valence-electron chi connectivity index (χ2n) is 3.82. The van der Waals surface area contributed by atoms with Gasteiger partial charge >= 0.3 is 17.9 Å². The third-order valence-corrected chi connectivity index (χ3v) is 2.48. The Hall–Kier alpha value is -3.10. The van der Waals surface area contributed by atoms with Gasteiger partial charge in [0.05, 0.1) is 26.0 Å². The van der Waals surface area contributed by atoms with Gasteiger partial charge in [0.15, 0.2) is 5.75 Å². The summed E-state index contributed by atoms with van der Waals surface area (Å²) in [5.74, 6) is -5.67. The number of hydrogen-bond acceptors (Lipinski definition) is 7. The van der Waals surface area contributed by atoms with E-state index in [2.05, 4.69) is 14.8 Å². The lowest BCUT2D eigenvalue weighted by molar-refractivity contribution is -0.138. The molecule has 1 aromatic rings. The van der Waals surface area contributed by atoms with Crippen LogP contribution in [-0.2, 0) is 19.1 Å². The van der Waals surface area contributed by atoms with Crippen LogP contribution < -0.4 is 5.32 Å². The minimum absolute atomic E-state index is 0.306. The van der Waals surface area contributed by atoms with Crippen LogP contribution in [0, 0.1) is 5.82 Å². The summed E-state index contributed by atoms with van der Waals surface area (Å²) in [6.45, 7) is 0. The van der Waals surface area contributed by atoms with Crippen LogP contribution >= 0.6 is 0 Å². The standard InChI is InChI=1S/C13H12FNO7/c1-21-9(16)5-8(13(20)22-2)15-7-4-3-6(14)10(11(7)17)12(18)19/h3-5,15,17H,1-2H3,(H,18,19)/b8-5+. The largest absolute Gasteiger partial charge is 0.505 e. The van der Waals surface area contributed by atoms with Gasteiger partial charge in [-0.25, -0.2) is 18.8 Å². The summed E-state index contributed by atoms with van der Waals surface area (Å²) >= 11 is 0. The third kappa shape index (κ3) is 3.72. The predicted octanol–water partition coefficient (Wildman–Crippen LogP) is 0.871. The Morgan fingerprint density at radius 3 is 2.36 bits per heavy atom. The van der Waals surface area contributed by atoms with Crippen LogP contribution in [0.1, 0.15) is 10.4 Å². The lowest BCUT2D eigenvalue weighted by Gasteiger charge is -2.12. The highest BCUT2D eigenvalue weighted by Gasteiger charge is 2.21. The average molecular weight is 313 g/mol. The zero-order valence-corrected chi connectivity index (χ0v) is 11.5. The molecule has 118 valence electrons. The predicted molar refractivity (Wildman–Crippen MR) is 70.8 cm³/mol. The number of aromatic carboxylic acids is 1. The van der Waals surface area contributed by atoms with Gasteiger partial charge in [-0.15, -0.1) is 0 Å². The van der Waals surface area contributed by atoms with Crippen LogP contribution in [0.3, 0.4) is 0 Å². The van der Waals surface area contributed by atoms with Crippen LogP contribution in [0.4, 0.5) is 10.1 Å². The summed E-state index contributed by atoms with van der Waals surface area (Å²) in [4.78, 5) is 33.6. The fourth-order valence-corrected chi connectivity index (χ4v) is 1.45. The number of rotatable bonds is 5. The number of anilines is 1. The van der Waals surface area contributed by atoms with Gasteiger partial charge in [-0.3, -0.25) is 0 Å². The molecule has 1 aromatic carbocycles. The van der Waals surface area contributed by atoms with Crippen molar-refractivity contribution in [2.24, 2.45) is 0 Å². The zero-order valence-electron chi connectivity index (χ0n) is 11.5. The molecule has 0 saturated heterocycles. The number of carboxylic acid groups (broad SMARTS) is 1. The normalized spacial score (nSPS) is 10.8. The molecule has 22 heavy (non-hydrogen) atoms. The molecule has 0 aromatic heterocycles. The molecule has 0 spiro atoms. The fourth-order valence-electron chi connectivity index (χ4n) is 1.45. The first-order valence-corrected chi connectivity index (χ1v) is 5.71. The number of carboxylic acids is 1. The van der Waals surface area contributed by atoms with Gasteiger partial charge in [0.25, 0.3) is 0 Å². The monoisotopic (exact) mass is 313 g/mol. The Kier molecular flexibility index (Phi) is 5.44. The van der Waals surface area contributed by atoms with Gasteiger partial charge in [0, 0.05) is 0 Å². The molecule has 0 amide bonds. The Balaban J connectivity index is 3.28. The molecule has 0 atom stereocenters. The summed E-state index contributed by atoms with van der Waals surface area (Å²) in [5, 5.41) is 20.9. The number of halogens is 1. The highest BCUT2D eigenvalue weighted by atomic mass is 19.1. The van der Waals surface area contributed by atoms with Crippen LogP contribution in [-0.4, -0.2) is 42.3 Å². The van der Waals surface area contributed by atoms with E-state index in [1.165, 1.54) is 0 Å². The molecule has 0 aliphatic heterocycles. The Morgan fingerprint density at radius 1 is 1.23 bits per heavy atom. The van der Waals surface area contributed by atoms with Crippen molar-refractivity contribution < 1.29 is 38.5 Å². The molecule has 0 radical (unpaired) electrons. The van der Waals surface area contributed by atoms with Crippen molar-refractivity contribution in [3.8, 4) is 5.75 Å². The molecule has 0 aliphatic carbocycles. The summed E-state index contributed by atoms with van der Waals surface area (Å²) in [6.07, 6.45) is 0.731. The quantitative estimate of drug-likeness (QED) is 0.416. The minimum atomic E-state index is -1.70. The van der Waals surface area contributed by atoms with Crippen LogP contribution in [0.25, 0.3) is 0 Å². The number of carbonyl (C=O) groups is 3. The van der Waals surface area contributed by atoms with E-state index >= 15 is 0 Å². The number of ether oxygens (including phenoxy) is 2. The van der Waals surface area contributed by atoms with E-state index in [9.17, 15) is 23.9 Å². The molecule has 0 fully saturated rings. The molecule has 0 unspecified atom stereocenters. The van der Waals surface area contributed by atoms with Gasteiger partial charge in [-0.05, 0) is 12.1 Å². The summed E-state index contributed by atoms with van der Waals surface area (Å²) in [6, 6.07) is 1.77. The Morgan fingerprint density at radius 2 is 1.86 bits per heavy atom. The van der Waals surface area contributed by atoms with Crippen LogP contribution in [0.5, 0.6) is 5.75 Å². The Labute approximate surface area is 123 Å². The van der Waals surface area contributed by atoms with Crippen molar-refractivity contribution in [2.45, 2.75) is 0 Å². The van der Waals surface area contributed by atoms with Gasteiger partial charge < -0.3 is 25.0 Å². The van der Waals surface area contributed by atoms with E-state index < -0.39 is 40.7 Å². The summed E-state index contributed by atoms with van der Waals surface area (Å²) in [7, 11) is 2.12. The fraction of sp³-hybridized carbons (Fsp3) is 0.154. The van der Waals surface area contributed by atoms with Crippen LogP contribution in [0.15, 0.2) is 23.9 Å². The van der Waals surface area contributed by atoms with E-state index in [1.54, 1.807) is 0 Å². The van der Waals surface area contributed by atoms with Crippen molar-refractivity contribution in [1.29, 1.82) is 0 Å². The molecule has 9 heteroatoms. The number of aromatic hydroxyl groups is 1. The molecular formula is C13H12FNO7. The van der Waals surface area contributed by atoms with Crippen molar-refractivity contribution in [3.63, 3.8) is 0 Å². The number of benzene rings is 1. The molecular weight excluding hydrogens is 301 g/mol. The van der Waals surface area contributed by atoms with Gasteiger partial charge in [0.2, 0.25) is 0 Å². The van der Waals surface area contributed by atoms with Gasteiger partial charge in [-0.2, -0.15) is 0 Å². The number of hydrogen-bond donors (Lipinski definition) is 3. The summed E-state index contributed by atoms with van der Waals surface area (Å²) < 4.78 is 22.1. The molecule has 0 saturated carbocycles. The maximum Gasteiger partial charge on any atom is 0.354 e. The Bertz CT molecular complexity index is 654. The second kappa shape index (κ2) is 7.07. The average Bonchev–Trinajstić information content (AvgIpc) is 2.47. The van der Waals surface area contributed by atoms with Crippen LogP contribution in [0.2, 0.25) is 0 Å². The SMILES string of the molecule is COC(=O)/C=C(/Nc1ccc(F)c(C(=O)O)c1O)C(=O)OC. The maximum atomic E-state index is 13.4. The lowest BCUT2D eigenvalue weighted by atomic mass is 10.1.